The van der Waals surface area contributed by atoms with Gasteiger partial charge in [0.05, 0.1) is 11.7 Å². The molecule has 25 heavy (non-hydrogen) atoms. The number of halogens is 5. The number of para-hydroxylation sites is 1. The molecule has 1 aliphatic rings. The number of rotatable bonds is 1. The molecule has 134 valence electrons. The Kier molecular flexibility index (Phi) is 5.77. The number of anilines is 1. The summed E-state index contributed by atoms with van der Waals surface area (Å²) in [6.45, 7) is 3.32. The van der Waals surface area contributed by atoms with Crippen LogP contribution in [0.4, 0.5) is 27.6 Å². The van der Waals surface area contributed by atoms with Gasteiger partial charge in [0, 0.05) is 12.5 Å². The monoisotopic (exact) mass is 356 g/mol. The molecule has 0 N–H and O–H groups in total. The van der Waals surface area contributed by atoms with E-state index in [2.05, 4.69) is 5.10 Å². The van der Waals surface area contributed by atoms with Gasteiger partial charge in [0.25, 0.3) is 0 Å². The Bertz CT molecular complexity index is 741. The van der Waals surface area contributed by atoms with Crippen LogP contribution < -0.4 is 5.01 Å². The lowest BCUT2D eigenvalue weighted by molar-refractivity contribution is -0.0600. The standard InChI is InChI=1S/C11H11F3N2.C7H6F2/c1-8-7-10(11(12,13)14)15-16(8)9-5-3-2-4-6-9;1-5-2-3-6(8)4-7(5)9/h2-6,8H,7H2,1H3;2-4H,1H3. The van der Waals surface area contributed by atoms with Gasteiger partial charge in [-0.3, -0.25) is 5.01 Å². The summed E-state index contributed by atoms with van der Waals surface area (Å²) in [4.78, 5) is 0. The van der Waals surface area contributed by atoms with Crippen molar-refractivity contribution >= 4 is 11.4 Å². The minimum absolute atomic E-state index is 0.0571. The van der Waals surface area contributed by atoms with Crippen LogP contribution in [-0.2, 0) is 0 Å². The Morgan fingerprint density at radius 1 is 1.04 bits per heavy atom. The van der Waals surface area contributed by atoms with Crippen LogP contribution in [0.15, 0.2) is 53.6 Å². The molecule has 1 unspecified atom stereocenters. The van der Waals surface area contributed by atoms with Crippen LogP contribution in [0.25, 0.3) is 0 Å². The second-order valence-electron chi connectivity index (χ2n) is 5.67. The molecular weight excluding hydrogens is 339 g/mol. The zero-order valence-electron chi connectivity index (χ0n) is 13.7. The fraction of sp³-hybridized carbons (Fsp3) is 0.278. The van der Waals surface area contributed by atoms with Gasteiger partial charge in [-0.15, -0.1) is 0 Å². The molecule has 0 saturated carbocycles. The average Bonchev–Trinajstić information content (AvgIpc) is 2.95. The van der Waals surface area contributed by atoms with E-state index >= 15 is 0 Å². The summed E-state index contributed by atoms with van der Waals surface area (Å²) in [5, 5.41) is 5.06. The van der Waals surface area contributed by atoms with Gasteiger partial charge in [-0.25, -0.2) is 8.78 Å². The summed E-state index contributed by atoms with van der Waals surface area (Å²) < 4.78 is 61.8. The maximum Gasteiger partial charge on any atom is 0.431 e. The van der Waals surface area contributed by atoms with Crippen molar-refractivity contribution in [1.82, 2.24) is 0 Å². The van der Waals surface area contributed by atoms with E-state index < -0.39 is 23.5 Å². The van der Waals surface area contributed by atoms with Crippen LogP contribution in [0.1, 0.15) is 18.9 Å². The van der Waals surface area contributed by atoms with Gasteiger partial charge in [0.2, 0.25) is 0 Å². The molecule has 0 bridgehead atoms. The van der Waals surface area contributed by atoms with E-state index in [0.717, 1.165) is 6.07 Å². The fourth-order valence-corrected chi connectivity index (χ4v) is 2.27. The number of aryl methyl sites for hydroxylation is 1. The lowest BCUT2D eigenvalue weighted by Crippen LogP contribution is -2.24. The summed E-state index contributed by atoms with van der Waals surface area (Å²) in [5.74, 6) is -1.02. The van der Waals surface area contributed by atoms with E-state index in [1.54, 1.807) is 38.1 Å². The van der Waals surface area contributed by atoms with Crippen LogP contribution in [0.2, 0.25) is 0 Å². The smallest absolute Gasteiger partial charge is 0.262 e. The minimum atomic E-state index is -4.32. The molecule has 1 heterocycles. The molecule has 2 aromatic rings. The number of nitrogens with zero attached hydrogens (tertiary/aromatic N) is 2. The number of hydrazone groups is 1. The van der Waals surface area contributed by atoms with E-state index in [-0.39, 0.29) is 12.5 Å². The Hall–Kier alpha value is -2.44. The van der Waals surface area contributed by atoms with E-state index in [1.807, 2.05) is 6.07 Å². The highest BCUT2D eigenvalue weighted by molar-refractivity contribution is 5.93. The lowest BCUT2D eigenvalue weighted by Gasteiger charge is -2.19. The first-order valence-corrected chi connectivity index (χ1v) is 7.59. The first kappa shape index (κ1) is 18.9. The van der Waals surface area contributed by atoms with Crippen molar-refractivity contribution in [3.8, 4) is 0 Å². The van der Waals surface area contributed by atoms with Crippen LogP contribution in [0.3, 0.4) is 0 Å². The molecule has 0 amide bonds. The molecule has 0 fully saturated rings. The number of alkyl halides is 3. The maximum absolute atomic E-state index is 12.5. The predicted molar refractivity (Wildman–Crippen MR) is 87.6 cm³/mol. The van der Waals surface area contributed by atoms with Crippen molar-refractivity contribution in [2.45, 2.75) is 32.5 Å². The van der Waals surface area contributed by atoms with Crippen molar-refractivity contribution in [2.75, 3.05) is 5.01 Å². The third kappa shape index (κ3) is 5.01. The molecule has 3 rings (SSSR count). The van der Waals surface area contributed by atoms with Gasteiger partial charge in [-0.05, 0) is 37.6 Å². The molecule has 1 aliphatic heterocycles. The normalized spacial score (nSPS) is 17.0. The summed E-state index contributed by atoms with van der Waals surface area (Å²) in [6.07, 6.45) is -4.38. The van der Waals surface area contributed by atoms with Crippen molar-refractivity contribution < 1.29 is 22.0 Å². The molecule has 2 aromatic carbocycles. The molecule has 7 heteroatoms. The first-order chi connectivity index (χ1) is 11.7. The average molecular weight is 356 g/mol. The van der Waals surface area contributed by atoms with Crippen molar-refractivity contribution in [3.05, 3.63) is 65.7 Å². The number of hydrogen-bond acceptors (Lipinski definition) is 2. The zero-order valence-corrected chi connectivity index (χ0v) is 13.7. The molecule has 0 aliphatic carbocycles. The molecule has 0 spiro atoms. The third-order valence-corrected chi connectivity index (χ3v) is 3.62. The van der Waals surface area contributed by atoms with E-state index in [9.17, 15) is 22.0 Å². The molecule has 1 atom stereocenters. The van der Waals surface area contributed by atoms with Gasteiger partial charge >= 0.3 is 6.18 Å². The Morgan fingerprint density at radius 2 is 1.68 bits per heavy atom. The minimum Gasteiger partial charge on any atom is -0.262 e. The van der Waals surface area contributed by atoms with Crippen LogP contribution in [0, 0.1) is 18.6 Å². The lowest BCUT2D eigenvalue weighted by atomic mass is 10.1. The van der Waals surface area contributed by atoms with Gasteiger partial charge in [0.15, 0.2) is 0 Å². The van der Waals surface area contributed by atoms with E-state index in [1.165, 1.54) is 17.1 Å². The molecule has 0 radical (unpaired) electrons. The first-order valence-electron chi connectivity index (χ1n) is 7.59. The Balaban J connectivity index is 0.000000212. The zero-order chi connectivity index (χ0) is 18.6. The van der Waals surface area contributed by atoms with Crippen LogP contribution in [-0.4, -0.2) is 17.9 Å². The number of hydrogen-bond donors (Lipinski definition) is 0. The number of benzene rings is 2. The molecule has 0 aromatic heterocycles. The Morgan fingerprint density at radius 3 is 2.16 bits per heavy atom. The van der Waals surface area contributed by atoms with Crippen molar-refractivity contribution in [1.29, 1.82) is 0 Å². The summed E-state index contributed by atoms with van der Waals surface area (Å²) in [6, 6.07) is 12.1. The van der Waals surface area contributed by atoms with E-state index in [0.29, 0.717) is 11.3 Å². The van der Waals surface area contributed by atoms with Crippen molar-refractivity contribution in [3.63, 3.8) is 0 Å². The highest BCUT2D eigenvalue weighted by atomic mass is 19.4. The predicted octanol–water partition coefficient (Wildman–Crippen LogP) is 5.48. The largest absolute Gasteiger partial charge is 0.431 e. The molecule has 2 nitrogen and oxygen atoms in total. The van der Waals surface area contributed by atoms with Gasteiger partial charge in [-0.2, -0.15) is 18.3 Å². The summed E-state index contributed by atoms with van der Waals surface area (Å²) in [7, 11) is 0. The van der Waals surface area contributed by atoms with E-state index in [4.69, 9.17) is 0 Å². The third-order valence-electron chi connectivity index (χ3n) is 3.62. The van der Waals surface area contributed by atoms with Gasteiger partial charge < -0.3 is 0 Å². The quantitative estimate of drug-likeness (QED) is 0.618. The highest BCUT2D eigenvalue weighted by Gasteiger charge is 2.41. The molecule has 0 saturated heterocycles. The highest BCUT2D eigenvalue weighted by Crippen LogP contribution is 2.30. The Labute approximate surface area is 142 Å². The second-order valence-corrected chi connectivity index (χ2v) is 5.67. The SMILES string of the molecule is CC1CC(C(F)(F)F)=NN1c1ccccc1.Cc1ccc(F)cc1F. The van der Waals surface area contributed by atoms with Gasteiger partial charge in [0.1, 0.15) is 17.3 Å². The summed E-state index contributed by atoms with van der Waals surface area (Å²) >= 11 is 0. The topological polar surface area (TPSA) is 15.6 Å². The summed E-state index contributed by atoms with van der Waals surface area (Å²) in [5.41, 5.74) is 0.453. The van der Waals surface area contributed by atoms with Crippen molar-refractivity contribution in [2.24, 2.45) is 5.10 Å². The van der Waals surface area contributed by atoms with Crippen LogP contribution in [0.5, 0.6) is 0 Å². The second kappa shape index (κ2) is 7.63. The maximum atomic E-state index is 12.5. The fourth-order valence-electron chi connectivity index (χ4n) is 2.27. The molecular formula is C18H17F5N2. The van der Waals surface area contributed by atoms with Crippen LogP contribution >= 0.6 is 0 Å². The van der Waals surface area contributed by atoms with Gasteiger partial charge in [-0.1, -0.05) is 24.3 Å².